The number of esters is 1. The van der Waals surface area contributed by atoms with Crippen molar-refractivity contribution in [3.8, 4) is 16.9 Å². The van der Waals surface area contributed by atoms with Crippen molar-refractivity contribution >= 4 is 52.5 Å². The predicted molar refractivity (Wildman–Crippen MR) is 251 cm³/mol. The summed E-state index contributed by atoms with van der Waals surface area (Å²) in [5, 5.41) is 5.29. The highest BCUT2D eigenvalue weighted by Gasteiger charge is 2.30. The van der Waals surface area contributed by atoms with Gasteiger partial charge in [0.1, 0.15) is 23.9 Å². The van der Waals surface area contributed by atoms with Crippen molar-refractivity contribution < 1.29 is 23.8 Å². The summed E-state index contributed by atoms with van der Waals surface area (Å²) >= 11 is 1.49. The fraction of sp³-hybridized carbons (Fsp3) is 0.396. The molecule has 1 aliphatic rings. The van der Waals surface area contributed by atoms with Crippen molar-refractivity contribution in [3.05, 3.63) is 119 Å². The fourth-order valence-electron chi connectivity index (χ4n) is 7.27. The normalized spacial score (nSPS) is 13.1. The van der Waals surface area contributed by atoms with Crippen LogP contribution in [0.15, 0.2) is 91.3 Å². The van der Waals surface area contributed by atoms with E-state index in [4.69, 9.17) is 24.2 Å². The average molecular weight is 874 g/mol. The van der Waals surface area contributed by atoms with Crippen molar-refractivity contribution in [1.29, 1.82) is 0 Å². The number of hydrogen-bond acceptors (Lipinski definition) is 11. The zero-order chi connectivity index (χ0) is 44.0. The first-order valence-electron chi connectivity index (χ1n) is 21.4. The second-order valence-corrected chi connectivity index (χ2v) is 24.9. The molecule has 3 aromatic carbocycles. The van der Waals surface area contributed by atoms with Gasteiger partial charge in [0.25, 0.3) is 5.91 Å². The molecule has 14 heteroatoms. The summed E-state index contributed by atoms with van der Waals surface area (Å²) in [5.41, 5.74) is 5.31. The SMILES string of the molecule is CN(C)CCCOc1ccccc1Cn1cc(-c2ccc(N3CCc4cccc(C(=O)N(COCC[Si](C)(C)C)c5nc6ccccc6s5)c4C3)nc2C(=O)OC(C)(C)C)cn1. The third kappa shape index (κ3) is 11.3. The number of rotatable bonds is 17. The van der Waals surface area contributed by atoms with Crippen molar-refractivity contribution in [2.45, 2.75) is 78.0 Å². The summed E-state index contributed by atoms with van der Waals surface area (Å²) in [7, 11) is 2.77. The lowest BCUT2D eigenvalue weighted by atomic mass is 9.94. The van der Waals surface area contributed by atoms with E-state index in [0.717, 1.165) is 57.2 Å². The van der Waals surface area contributed by atoms with Gasteiger partial charge in [0.15, 0.2) is 10.8 Å². The lowest BCUT2D eigenvalue weighted by molar-refractivity contribution is 0.00637. The third-order valence-electron chi connectivity index (χ3n) is 10.5. The van der Waals surface area contributed by atoms with E-state index in [0.29, 0.717) is 61.3 Å². The van der Waals surface area contributed by atoms with Crippen LogP contribution in [0.2, 0.25) is 25.7 Å². The van der Waals surface area contributed by atoms with Crippen LogP contribution in [0, 0.1) is 0 Å². The number of anilines is 2. The van der Waals surface area contributed by atoms with Crippen LogP contribution in [0.25, 0.3) is 21.3 Å². The van der Waals surface area contributed by atoms with Crippen LogP contribution in [0.1, 0.15) is 64.7 Å². The van der Waals surface area contributed by atoms with Gasteiger partial charge in [-0.05, 0) is 101 Å². The zero-order valence-electron chi connectivity index (χ0n) is 37.3. The number of ether oxygens (including phenoxy) is 3. The molecular formula is C48H59N7O5SSi. The van der Waals surface area contributed by atoms with E-state index in [2.05, 4.69) is 54.7 Å². The van der Waals surface area contributed by atoms with Crippen LogP contribution < -0.4 is 14.5 Å². The quantitative estimate of drug-likeness (QED) is 0.0380. The number of thiazole rings is 1. The molecular weight excluding hydrogens is 815 g/mol. The van der Waals surface area contributed by atoms with Crippen LogP contribution in [-0.2, 0) is 29.0 Å². The minimum absolute atomic E-state index is 0.104. The number of pyridine rings is 1. The van der Waals surface area contributed by atoms with Crippen molar-refractivity contribution in [3.63, 3.8) is 0 Å². The van der Waals surface area contributed by atoms with Gasteiger partial charge in [-0.3, -0.25) is 14.4 Å². The summed E-state index contributed by atoms with van der Waals surface area (Å²) in [6, 6.07) is 26.7. The highest BCUT2D eigenvalue weighted by Crippen LogP contribution is 2.34. The van der Waals surface area contributed by atoms with Crippen molar-refractivity contribution in [1.82, 2.24) is 24.6 Å². The molecule has 0 atom stereocenters. The number of carbonyl (C=O) groups excluding carboxylic acids is 2. The summed E-state index contributed by atoms with van der Waals surface area (Å²) in [5.74, 6) is 0.761. The molecule has 0 saturated carbocycles. The molecule has 0 N–H and O–H groups in total. The van der Waals surface area contributed by atoms with E-state index in [-0.39, 0.29) is 18.3 Å². The van der Waals surface area contributed by atoms with Crippen molar-refractivity contribution in [2.75, 3.05) is 56.9 Å². The van der Waals surface area contributed by atoms with Gasteiger partial charge in [-0.15, -0.1) is 0 Å². The Hall–Kier alpha value is -5.41. The number of carbonyl (C=O) groups is 2. The molecule has 0 radical (unpaired) electrons. The van der Waals surface area contributed by atoms with E-state index >= 15 is 0 Å². The van der Waals surface area contributed by atoms with Crippen molar-refractivity contribution in [2.24, 2.45) is 0 Å². The molecule has 6 aromatic rings. The average Bonchev–Trinajstić information content (AvgIpc) is 3.88. The molecule has 0 aliphatic carbocycles. The van der Waals surface area contributed by atoms with Crippen LogP contribution in [0.5, 0.6) is 5.75 Å². The number of amides is 1. The smallest absolute Gasteiger partial charge is 0.358 e. The topological polar surface area (TPSA) is 115 Å². The number of hydrogen-bond donors (Lipinski definition) is 0. The molecule has 0 bridgehead atoms. The van der Waals surface area contributed by atoms with E-state index < -0.39 is 19.6 Å². The fourth-order valence-corrected chi connectivity index (χ4v) is 8.98. The Labute approximate surface area is 370 Å². The third-order valence-corrected chi connectivity index (χ3v) is 13.3. The largest absolute Gasteiger partial charge is 0.493 e. The Balaban J connectivity index is 1.15. The maximum atomic E-state index is 14.7. The molecule has 4 heterocycles. The van der Waals surface area contributed by atoms with E-state index in [9.17, 15) is 9.59 Å². The first-order valence-corrected chi connectivity index (χ1v) is 25.9. The van der Waals surface area contributed by atoms with Gasteiger partial charge in [-0.25, -0.2) is 14.8 Å². The van der Waals surface area contributed by atoms with Crippen LogP contribution >= 0.6 is 11.3 Å². The number of nitrogens with zero attached hydrogens (tertiary/aromatic N) is 7. The van der Waals surface area contributed by atoms with Crippen LogP contribution in [0.4, 0.5) is 10.9 Å². The van der Waals surface area contributed by atoms with Gasteiger partial charge in [-0.1, -0.05) is 73.4 Å². The zero-order valence-corrected chi connectivity index (χ0v) is 39.1. The summed E-state index contributed by atoms with van der Waals surface area (Å²) in [6.45, 7) is 16.3. The Morgan fingerprint density at radius 3 is 2.48 bits per heavy atom. The highest BCUT2D eigenvalue weighted by molar-refractivity contribution is 7.22. The number of para-hydroxylation sites is 2. The second-order valence-electron chi connectivity index (χ2n) is 18.3. The Morgan fingerprint density at radius 2 is 1.71 bits per heavy atom. The van der Waals surface area contributed by atoms with Gasteiger partial charge in [0.05, 0.1) is 29.6 Å². The van der Waals surface area contributed by atoms with Crippen LogP contribution in [0.3, 0.4) is 0 Å². The molecule has 0 unspecified atom stereocenters. The summed E-state index contributed by atoms with van der Waals surface area (Å²) in [4.78, 5) is 44.5. The van der Waals surface area contributed by atoms with Gasteiger partial charge in [0.2, 0.25) is 0 Å². The summed E-state index contributed by atoms with van der Waals surface area (Å²) < 4.78 is 21.2. The first kappa shape index (κ1) is 44.6. The molecule has 326 valence electrons. The predicted octanol–water partition coefficient (Wildman–Crippen LogP) is 9.41. The highest BCUT2D eigenvalue weighted by atomic mass is 32.1. The standard InChI is InChI=1S/C48H59N7O5SSi/c1-48(2,3)60-46(57)44-37(36-29-49-54(31-36)30-35-15-9-11-19-41(35)59-26-14-24-52(4)5)21-22-43(51-44)53-25-23-34-16-13-17-38(39(34)32-53)45(56)55(33-58-27-28-62(6,7)8)47-50-40-18-10-12-20-42(40)61-47/h9-13,15-22,29,31H,14,23-28,30,32-33H2,1-8H3. The molecule has 1 amide bonds. The second kappa shape index (κ2) is 19.3. The summed E-state index contributed by atoms with van der Waals surface area (Å²) in [6.07, 6.45) is 5.30. The number of aromatic nitrogens is 4. The molecule has 12 nitrogen and oxygen atoms in total. The number of fused-ring (bicyclic) bond motifs is 2. The monoisotopic (exact) mass is 873 g/mol. The van der Waals surface area contributed by atoms with Crippen LogP contribution in [-0.4, -0.2) is 97.3 Å². The maximum absolute atomic E-state index is 14.7. The molecule has 0 fully saturated rings. The molecule has 0 saturated heterocycles. The lowest BCUT2D eigenvalue weighted by Crippen LogP contribution is -2.37. The Kier molecular flexibility index (Phi) is 13.9. The first-order chi connectivity index (χ1) is 29.6. The lowest BCUT2D eigenvalue weighted by Gasteiger charge is -2.32. The molecule has 3 aromatic heterocycles. The van der Waals surface area contributed by atoms with Gasteiger partial charge in [0, 0.05) is 62.8 Å². The maximum Gasteiger partial charge on any atom is 0.358 e. The molecule has 7 rings (SSSR count). The Bertz CT molecular complexity index is 2470. The van der Waals surface area contributed by atoms with Gasteiger partial charge in [-0.2, -0.15) is 5.10 Å². The minimum Gasteiger partial charge on any atom is -0.493 e. The molecule has 62 heavy (non-hydrogen) atoms. The van der Waals surface area contributed by atoms with E-state index in [1.165, 1.54) is 11.3 Å². The van der Waals surface area contributed by atoms with E-state index in [1.54, 1.807) is 11.1 Å². The molecule has 0 spiro atoms. The molecule has 1 aliphatic heterocycles. The van der Waals surface area contributed by atoms with Gasteiger partial charge >= 0.3 is 5.97 Å². The number of benzene rings is 3. The Morgan fingerprint density at radius 1 is 0.919 bits per heavy atom. The minimum atomic E-state index is -1.35. The van der Waals surface area contributed by atoms with Gasteiger partial charge < -0.3 is 24.0 Å². The van der Waals surface area contributed by atoms with E-state index in [1.807, 2.05) is 104 Å².